The Morgan fingerprint density at radius 1 is 1.60 bits per heavy atom. The monoisotopic (exact) mass is 226 g/mol. The van der Waals surface area contributed by atoms with Gasteiger partial charge in [0.1, 0.15) is 0 Å². The quantitative estimate of drug-likeness (QED) is 0.834. The Kier molecular flexibility index (Phi) is 3.57. The number of pyridine rings is 1. The zero-order valence-corrected chi connectivity index (χ0v) is 9.32. The van der Waals surface area contributed by atoms with Gasteiger partial charge in [0.05, 0.1) is 11.8 Å². The van der Waals surface area contributed by atoms with Crippen molar-refractivity contribution in [2.45, 2.75) is 25.5 Å². The van der Waals surface area contributed by atoms with Crippen LogP contribution in [-0.2, 0) is 6.54 Å². The van der Waals surface area contributed by atoms with Crippen molar-refractivity contribution < 1.29 is 5.11 Å². The van der Waals surface area contributed by atoms with Gasteiger partial charge in [-0.05, 0) is 31.5 Å². The summed E-state index contributed by atoms with van der Waals surface area (Å²) in [5.41, 5.74) is 0.969. The van der Waals surface area contributed by atoms with Gasteiger partial charge >= 0.3 is 0 Å². The Labute approximate surface area is 94.7 Å². The average Bonchev–Trinajstić information content (AvgIpc) is 2.17. The highest BCUT2D eigenvalue weighted by Crippen LogP contribution is 2.14. The first-order valence-corrected chi connectivity index (χ1v) is 5.63. The molecule has 3 nitrogen and oxygen atoms in total. The summed E-state index contributed by atoms with van der Waals surface area (Å²) < 4.78 is 0. The van der Waals surface area contributed by atoms with Crippen LogP contribution in [0.25, 0.3) is 0 Å². The molecule has 0 aliphatic carbocycles. The number of aliphatic hydroxyl groups excluding tert-OH is 1. The number of rotatable bonds is 2. The smallest absolute Gasteiger partial charge is 0.0667 e. The first-order chi connectivity index (χ1) is 7.24. The van der Waals surface area contributed by atoms with Gasteiger partial charge < -0.3 is 5.11 Å². The summed E-state index contributed by atoms with van der Waals surface area (Å²) in [4.78, 5) is 6.47. The SMILES string of the molecule is OC1CCCN(Cc2cc(Cl)ccn2)C1. The van der Waals surface area contributed by atoms with Gasteiger partial charge in [-0.2, -0.15) is 0 Å². The third kappa shape index (κ3) is 3.16. The molecule has 1 aromatic heterocycles. The van der Waals surface area contributed by atoms with Crippen LogP contribution in [0.4, 0.5) is 0 Å². The van der Waals surface area contributed by atoms with Gasteiger partial charge in [-0.3, -0.25) is 9.88 Å². The fourth-order valence-corrected chi connectivity index (χ4v) is 2.12. The maximum absolute atomic E-state index is 9.52. The molecule has 1 atom stereocenters. The molecular formula is C11H15ClN2O. The van der Waals surface area contributed by atoms with Crippen molar-refractivity contribution in [3.05, 3.63) is 29.0 Å². The van der Waals surface area contributed by atoms with Gasteiger partial charge in [-0.15, -0.1) is 0 Å². The zero-order chi connectivity index (χ0) is 10.7. The van der Waals surface area contributed by atoms with Gasteiger partial charge in [0.2, 0.25) is 0 Å². The molecule has 1 aliphatic heterocycles. The van der Waals surface area contributed by atoms with Crippen molar-refractivity contribution in [3.63, 3.8) is 0 Å². The Morgan fingerprint density at radius 2 is 2.47 bits per heavy atom. The molecule has 1 unspecified atom stereocenters. The molecule has 15 heavy (non-hydrogen) atoms. The lowest BCUT2D eigenvalue weighted by atomic mass is 10.1. The maximum Gasteiger partial charge on any atom is 0.0667 e. The van der Waals surface area contributed by atoms with E-state index in [0.717, 1.165) is 43.2 Å². The number of aromatic nitrogens is 1. The number of aliphatic hydroxyl groups is 1. The summed E-state index contributed by atoms with van der Waals surface area (Å²) in [6.07, 6.45) is 3.51. The molecule has 4 heteroatoms. The lowest BCUT2D eigenvalue weighted by molar-refractivity contribution is 0.0662. The number of hydrogen-bond donors (Lipinski definition) is 1. The molecule has 0 radical (unpaired) electrons. The molecule has 0 spiro atoms. The lowest BCUT2D eigenvalue weighted by Crippen LogP contribution is -2.37. The number of piperidine rings is 1. The zero-order valence-electron chi connectivity index (χ0n) is 8.56. The van der Waals surface area contributed by atoms with Crippen molar-refractivity contribution in [1.82, 2.24) is 9.88 Å². The highest BCUT2D eigenvalue weighted by atomic mass is 35.5. The van der Waals surface area contributed by atoms with Crippen LogP contribution in [0, 0.1) is 0 Å². The molecule has 2 heterocycles. The Balaban J connectivity index is 1.96. The van der Waals surface area contributed by atoms with E-state index in [1.54, 1.807) is 12.3 Å². The summed E-state index contributed by atoms with van der Waals surface area (Å²) in [5.74, 6) is 0. The molecule has 1 fully saturated rings. The molecule has 0 amide bonds. The first-order valence-electron chi connectivity index (χ1n) is 5.25. The molecule has 0 aromatic carbocycles. The lowest BCUT2D eigenvalue weighted by Gasteiger charge is -2.29. The van der Waals surface area contributed by atoms with E-state index in [2.05, 4.69) is 9.88 Å². The predicted molar refractivity (Wildman–Crippen MR) is 59.8 cm³/mol. The summed E-state index contributed by atoms with van der Waals surface area (Å²) >= 11 is 5.88. The second-order valence-electron chi connectivity index (χ2n) is 4.00. The van der Waals surface area contributed by atoms with Crippen LogP contribution in [0.5, 0.6) is 0 Å². The average molecular weight is 227 g/mol. The van der Waals surface area contributed by atoms with Crippen LogP contribution >= 0.6 is 11.6 Å². The van der Waals surface area contributed by atoms with Crippen LogP contribution in [0.1, 0.15) is 18.5 Å². The normalized spacial score (nSPS) is 22.9. The second-order valence-corrected chi connectivity index (χ2v) is 4.43. The van der Waals surface area contributed by atoms with Crippen molar-refractivity contribution >= 4 is 11.6 Å². The van der Waals surface area contributed by atoms with E-state index in [1.807, 2.05) is 6.07 Å². The minimum atomic E-state index is -0.182. The minimum absolute atomic E-state index is 0.182. The minimum Gasteiger partial charge on any atom is -0.392 e. The predicted octanol–water partition coefficient (Wildman–Crippen LogP) is 1.69. The van der Waals surface area contributed by atoms with Gasteiger partial charge in [0, 0.05) is 24.3 Å². The van der Waals surface area contributed by atoms with E-state index in [-0.39, 0.29) is 6.10 Å². The molecule has 82 valence electrons. The third-order valence-corrected chi connectivity index (χ3v) is 2.88. The molecule has 2 rings (SSSR count). The number of nitrogens with zero attached hydrogens (tertiary/aromatic N) is 2. The molecular weight excluding hydrogens is 212 g/mol. The van der Waals surface area contributed by atoms with E-state index >= 15 is 0 Å². The highest BCUT2D eigenvalue weighted by Gasteiger charge is 2.17. The number of hydrogen-bond acceptors (Lipinski definition) is 3. The van der Waals surface area contributed by atoms with Crippen molar-refractivity contribution in [3.8, 4) is 0 Å². The Bertz CT molecular complexity index is 332. The van der Waals surface area contributed by atoms with Crippen LogP contribution in [-0.4, -0.2) is 34.2 Å². The number of likely N-dealkylation sites (tertiary alicyclic amines) is 1. The van der Waals surface area contributed by atoms with Crippen LogP contribution < -0.4 is 0 Å². The van der Waals surface area contributed by atoms with Crippen LogP contribution in [0.15, 0.2) is 18.3 Å². The third-order valence-electron chi connectivity index (χ3n) is 2.64. The number of halogens is 1. The van der Waals surface area contributed by atoms with Crippen molar-refractivity contribution in [2.75, 3.05) is 13.1 Å². The largest absolute Gasteiger partial charge is 0.392 e. The topological polar surface area (TPSA) is 36.4 Å². The van der Waals surface area contributed by atoms with Crippen LogP contribution in [0.2, 0.25) is 5.02 Å². The van der Waals surface area contributed by atoms with E-state index in [9.17, 15) is 5.11 Å². The van der Waals surface area contributed by atoms with Crippen LogP contribution in [0.3, 0.4) is 0 Å². The second kappa shape index (κ2) is 4.92. The summed E-state index contributed by atoms with van der Waals surface area (Å²) in [6.45, 7) is 2.55. The highest BCUT2D eigenvalue weighted by molar-refractivity contribution is 6.30. The molecule has 1 saturated heterocycles. The van der Waals surface area contributed by atoms with Gasteiger partial charge in [0.15, 0.2) is 0 Å². The van der Waals surface area contributed by atoms with E-state index in [1.165, 1.54) is 0 Å². The summed E-state index contributed by atoms with van der Waals surface area (Å²) in [5, 5.41) is 10.2. The van der Waals surface area contributed by atoms with Gasteiger partial charge in [0.25, 0.3) is 0 Å². The standard InChI is InChI=1S/C11H15ClN2O/c12-9-3-4-13-10(6-9)7-14-5-1-2-11(15)8-14/h3-4,6,11,15H,1-2,5,7-8H2. The number of β-amino-alcohol motifs (C(OH)–C–C–N with tert-alkyl or cyclic N) is 1. The first kappa shape index (κ1) is 10.9. The Morgan fingerprint density at radius 3 is 3.20 bits per heavy atom. The van der Waals surface area contributed by atoms with Crippen molar-refractivity contribution in [1.29, 1.82) is 0 Å². The summed E-state index contributed by atoms with van der Waals surface area (Å²) in [7, 11) is 0. The van der Waals surface area contributed by atoms with E-state index in [4.69, 9.17) is 11.6 Å². The molecule has 1 aliphatic rings. The van der Waals surface area contributed by atoms with E-state index in [0.29, 0.717) is 0 Å². The molecule has 1 N–H and O–H groups in total. The molecule has 0 saturated carbocycles. The Hall–Kier alpha value is -0.640. The van der Waals surface area contributed by atoms with Gasteiger partial charge in [-0.1, -0.05) is 11.6 Å². The maximum atomic E-state index is 9.52. The fraction of sp³-hybridized carbons (Fsp3) is 0.545. The molecule has 0 bridgehead atoms. The van der Waals surface area contributed by atoms with Crippen molar-refractivity contribution in [2.24, 2.45) is 0 Å². The molecule has 1 aromatic rings. The van der Waals surface area contributed by atoms with E-state index < -0.39 is 0 Å². The fourth-order valence-electron chi connectivity index (χ4n) is 1.94. The summed E-state index contributed by atoms with van der Waals surface area (Å²) in [6, 6.07) is 3.65. The van der Waals surface area contributed by atoms with Gasteiger partial charge in [-0.25, -0.2) is 0 Å².